The van der Waals surface area contributed by atoms with Gasteiger partial charge < -0.3 is 5.32 Å². The summed E-state index contributed by atoms with van der Waals surface area (Å²) in [6.45, 7) is 0.305. The molecule has 0 bridgehead atoms. The molecule has 3 nitrogen and oxygen atoms in total. The van der Waals surface area contributed by atoms with Crippen LogP contribution < -0.4 is 5.32 Å². The third-order valence-electron chi connectivity index (χ3n) is 3.19. The van der Waals surface area contributed by atoms with Gasteiger partial charge in [0.15, 0.2) is 0 Å². The molecular formula is C17H12BrClN2OS. The number of nitrogens with one attached hydrogen (secondary N) is 1. The molecule has 0 aliphatic carbocycles. The number of hydrogen-bond acceptors (Lipinski definition) is 3. The lowest BCUT2D eigenvalue weighted by Crippen LogP contribution is -2.22. The Labute approximate surface area is 151 Å². The van der Waals surface area contributed by atoms with E-state index in [4.69, 9.17) is 11.6 Å². The molecule has 0 atom stereocenters. The van der Waals surface area contributed by atoms with Crippen LogP contribution in [0.4, 0.5) is 0 Å². The highest BCUT2D eigenvalue weighted by Crippen LogP contribution is 2.32. The van der Waals surface area contributed by atoms with Crippen LogP contribution in [0.2, 0.25) is 4.34 Å². The number of halogens is 2. The van der Waals surface area contributed by atoms with Gasteiger partial charge >= 0.3 is 0 Å². The van der Waals surface area contributed by atoms with E-state index in [-0.39, 0.29) is 5.91 Å². The largest absolute Gasteiger partial charge is 0.346 e. The first-order chi connectivity index (χ1) is 11.1. The molecule has 116 valence electrons. The van der Waals surface area contributed by atoms with Gasteiger partial charge in [-0.25, -0.2) is 4.98 Å². The molecule has 0 aliphatic heterocycles. The van der Waals surface area contributed by atoms with Gasteiger partial charge in [0.1, 0.15) is 9.34 Å². The van der Waals surface area contributed by atoms with Crippen molar-refractivity contribution in [3.63, 3.8) is 0 Å². The monoisotopic (exact) mass is 406 g/mol. The number of aromatic nitrogens is 1. The second kappa shape index (κ2) is 7.25. The summed E-state index contributed by atoms with van der Waals surface area (Å²) in [4.78, 5) is 16.6. The smallest absolute Gasteiger partial charge is 0.251 e. The number of benzene rings is 2. The van der Waals surface area contributed by atoms with Crippen molar-refractivity contribution >= 4 is 44.8 Å². The quantitative estimate of drug-likeness (QED) is 0.649. The summed E-state index contributed by atoms with van der Waals surface area (Å²) >= 11 is 11.1. The van der Waals surface area contributed by atoms with Crippen molar-refractivity contribution in [1.29, 1.82) is 0 Å². The Morgan fingerprint density at radius 1 is 1.13 bits per heavy atom. The fourth-order valence-corrected chi connectivity index (χ4v) is 3.42. The molecule has 0 saturated heterocycles. The Bertz CT molecular complexity index is 818. The van der Waals surface area contributed by atoms with E-state index in [0.29, 0.717) is 22.1 Å². The highest BCUT2D eigenvalue weighted by molar-refractivity contribution is 9.10. The lowest BCUT2D eigenvalue weighted by Gasteiger charge is -2.03. The normalized spacial score (nSPS) is 10.5. The molecule has 0 unspecified atom stereocenters. The summed E-state index contributed by atoms with van der Waals surface area (Å²) in [6, 6.07) is 16.9. The number of carbonyl (C=O) groups excluding carboxylic acids is 1. The second-order valence-corrected chi connectivity index (χ2v) is 7.31. The van der Waals surface area contributed by atoms with E-state index in [0.717, 1.165) is 15.0 Å². The van der Waals surface area contributed by atoms with Crippen LogP contribution in [0.25, 0.3) is 10.6 Å². The summed E-state index contributed by atoms with van der Waals surface area (Å²) < 4.78 is 1.61. The van der Waals surface area contributed by atoms with Crippen LogP contribution >= 0.6 is 38.9 Å². The molecule has 1 heterocycles. The fraction of sp³-hybridized carbons (Fsp3) is 0.0588. The van der Waals surface area contributed by atoms with Gasteiger partial charge in [-0.1, -0.05) is 57.9 Å². The fourth-order valence-electron chi connectivity index (χ4n) is 2.01. The van der Waals surface area contributed by atoms with Gasteiger partial charge in [-0.15, -0.1) is 11.3 Å². The van der Waals surface area contributed by atoms with Crippen molar-refractivity contribution < 1.29 is 4.79 Å². The van der Waals surface area contributed by atoms with E-state index >= 15 is 0 Å². The molecule has 1 amide bonds. The topological polar surface area (TPSA) is 42.0 Å². The number of thiazole rings is 1. The maximum Gasteiger partial charge on any atom is 0.251 e. The van der Waals surface area contributed by atoms with Gasteiger partial charge in [0, 0.05) is 15.6 Å². The highest BCUT2D eigenvalue weighted by atomic mass is 79.9. The SMILES string of the molecule is O=C(NCc1nc(-c2ccc(Br)cc2)sc1Cl)c1ccccc1. The van der Waals surface area contributed by atoms with Crippen LogP contribution in [0.1, 0.15) is 16.1 Å². The van der Waals surface area contributed by atoms with Gasteiger partial charge in [-0.2, -0.15) is 0 Å². The van der Waals surface area contributed by atoms with E-state index in [1.165, 1.54) is 11.3 Å². The van der Waals surface area contributed by atoms with Crippen LogP contribution in [0.15, 0.2) is 59.1 Å². The number of rotatable bonds is 4. The average molecular weight is 408 g/mol. The number of carbonyl (C=O) groups is 1. The Hall–Kier alpha value is -1.69. The summed E-state index contributed by atoms with van der Waals surface area (Å²) in [5.74, 6) is -0.139. The Kier molecular flexibility index (Phi) is 5.10. The summed E-state index contributed by atoms with van der Waals surface area (Å²) in [5.41, 5.74) is 2.30. The number of amides is 1. The van der Waals surface area contributed by atoms with Crippen LogP contribution in [-0.2, 0) is 6.54 Å². The molecule has 1 N–H and O–H groups in total. The molecule has 0 fully saturated rings. The summed E-state index contributed by atoms with van der Waals surface area (Å²) in [5, 5.41) is 3.68. The molecule has 1 aromatic heterocycles. The Morgan fingerprint density at radius 3 is 2.52 bits per heavy atom. The van der Waals surface area contributed by atoms with E-state index in [1.807, 2.05) is 42.5 Å². The van der Waals surface area contributed by atoms with Gasteiger partial charge in [0.2, 0.25) is 0 Å². The van der Waals surface area contributed by atoms with Crippen molar-refractivity contribution in [3.8, 4) is 10.6 Å². The highest BCUT2D eigenvalue weighted by Gasteiger charge is 2.12. The van der Waals surface area contributed by atoms with Crippen molar-refractivity contribution in [3.05, 3.63) is 74.7 Å². The van der Waals surface area contributed by atoms with Crippen molar-refractivity contribution in [2.24, 2.45) is 0 Å². The van der Waals surface area contributed by atoms with Crippen molar-refractivity contribution in [1.82, 2.24) is 10.3 Å². The lowest BCUT2D eigenvalue weighted by molar-refractivity contribution is 0.0950. The predicted octanol–water partition coefficient (Wildman–Crippen LogP) is 5.16. The maximum absolute atomic E-state index is 12.1. The molecule has 0 aliphatic rings. The Morgan fingerprint density at radius 2 is 1.83 bits per heavy atom. The maximum atomic E-state index is 12.1. The first-order valence-electron chi connectivity index (χ1n) is 6.88. The number of hydrogen-bond donors (Lipinski definition) is 1. The average Bonchev–Trinajstić information content (AvgIpc) is 2.95. The minimum Gasteiger partial charge on any atom is -0.346 e. The minimum atomic E-state index is -0.139. The van der Waals surface area contributed by atoms with Crippen LogP contribution in [0.3, 0.4) is 0 Å². The molecule has 0 spiro atoms. The lowest BCUT2D eigenvalue weighted by atomic mass is 10.2. The zero-order valence-electron chi connectivity index (χ0n) is 11.9. The number of nitrogens with zero attached hydrogens (tertiary/aromatic N) is 1. The molecule has 0 radical (unpaired) electrons. The van der Waals surface area contributed by atoms with E-state index in [2.05, 4.69) is 26.2 Å². The zero-order chi connectivity index (χ0) is 16.2. The van der Waals surface area contributed by atoms with Gasteiger partial charge in [0.25, 0.3) is 5.91 Å². The van der Waals surface area contributed by atoms with Crippen molar-refractivity contribution in [2.75, 3.05) is 0 Å². The van der Waals surface area contributed by atoms with Crippen LogP contribution in [-0.4, -0.2) is 10.9 Å². The van der Waals surface area contributed by atoms with Gasteiger partial charge in [-0.05, 0) is 24.3 Å². The standard InChI is InChI=1S/C17H12BrClN2OS/c18-13-8-6-12(7-9-13)17-21-14(15(19)23-17)10-20-16(22)11-4-2-1-3-5-11/h1-9H,10H2,(H,20,22). The minimum absolute atomic E-state index is 0.139. The molecule has 3 rings (SSSR count). The third kappa shape index (κ3) is 3.99. The first-order valence-corrected chi connectivity index (χ1v) is 8.86. The first kappa shape index (κ1) is 16.2. The Balaban J connectivity index is 1.72. The van der Waals surface area contributed by atoms with Crippen molar-refractivity contribution in [2.45, 2.75) is 6.54 Å². The van der Waals surface area contributed by atoms with Gasteiger partial charge in [-0.3, -0.25) is 4.79 Å². The van der Waals surface area contributed by atoms with E-state index in [1.54, 1.807) is 12.1 Å². The van der Waals surface area contributed by atoms with E-state index in [9.17, 15) is 4.79 Å². The summed E-state index contributed by atoms with van der Waals surface area (Å²) in [6.07, 6.45) is 0. The van der Waals surface area contributed by atoms with E-state index < -0.39 is 0 Å². The molecule has 2 aromatic carbocycles. The van der Waals surface area contributed by atoms with Crippen LogP contribution in [0, 0.1) is 0 Å². The van der Waals surface area contributed by atoms with Gasteiger partial charge in [0.05, 0.1) is 12.2 Å². The second-order valence-electron chi connectivity index (χ2n) is 4.80. The summed E-state index contributed by atoms with van der Waals surface area (Å²) in [7, 11) is 0. The molecule has 3 aromatic rings. The zero-order valence-corrected chi connectivity index (χ0v) is 15.1. The van der Waals surface area contributed by atoms with Crippen LogP contribution in [0.5, 0.6) is 0 Å². The predicted molar refractivity (Wildman–Crippen MR) is 97.9 cm³/mol. The molecular weight excluding hydrogens is 396 g/mol. The molecule has 0 saturated carbocycles. The third-order valence-corrected chi connectivity index (χ3v) is 5.11. The molecule has 23 heavy (non-hydrogen) atoms. The molecule has 6 heteroatoms.